The summed E-state index contributed by atoms with van der Waals surface area (Å²) in [5.41, 5.74) is 4.93. The van der Waals surface area contributed by atoms with Crippen molar-refractivity contribution in [3.8, 4) is 5.82 Å². The maximum Gasteiger partial charge on any atom is 0.257 e. The first-order valence-electron chi connectivity index (χ1n) is 9.88. The highest BCUT2D eigenvalue weighted by Gasteiger charge is 2.10. The van der Waals surface area contributed by atoms with Crippen molar-refractivity contribution < 1.29 is 4.79 Å². The molecule has 0 fully saturated rings. The molecule has 0 radical (unpaired) electrons. The van der Waals surface area contributed by atoms with Crippen LogP contribution in [0.1, 0.15) is 27.3 Å². The normalized spacial score (nSPS) is 10.7. The minimum atomic E-state index is -0.256. The van der Waals surface area contributed by atoms with Gasteiger partial charge in [-0.2, -0.15) is 5.10 Å². The molecule has 6 nitrogen and oxygen atoms in total. The van der Waals surface area contributed by atoms with Gasteiger partial charge in [-0.25, -0.2) is 9.67 Å². The number of carbonyl (C=O) groups excluding carboxylic acids is 1. The zero-order valence-electron chi connectivity index (χ0n) is 17.3. The van der Waals surface area contributed by atoms with Crippen molar-refractivity contribution >= 4 is 28.9 Å². The third-order valence-electron chi connectivity index (χ3n) is 4.79. The van der Waals surface area contributed by atoms with Crippen LogP contribution in [-0.2, 0) is 6.54 Å². The molecule has 7 heteroatoms. The molecule has 2 aromatic heterocycles. The van der Waals surface area contributed by atoms with Crippen molar-refractivity contribution in [3.05, 3.63) is 100 Å². The number of hydrogen-bond acceptors (Lipinski definition) is 4. The van der Waals surface area contributed by atoms with E-state index in [0.29, 0.717) is 28.6 Å². The fourth-order valence-corrected chi connectivity index (χ4v) is 3.49. The van der Waals surface area contributed by atoms with E-state index >= 15 is 0 Å². The monoisotopic (exact) mass is 431 g/mol. The second kappa shape index (κ2) is 9.02. The van der Waals surface area contributed by atoms with Gasteiger partial charge in [-0.3, -0.25) is 4.79 Å². The van der Waals surface area contributed by atoms with Gasteiger partial charge in [0.2, 0.25) is 0 Å². The lowest BCUT2D eigenvalue weighted by Gasteiger charge is -2.11. The van der Waals surface area contributed by atoms with Gasteiger partial charge < -0.3 is 10.6 Å². The van der Waals surface area contributed by atoms with Crippen LogP contribution in [-0.4, -0.2) is 20.7 Å². The van der Waals surface area contributed by atoms with Gasteiger partial charge in [-0.1, -0.05) is 41.9 Å². The fourth-order valence-electron chi connectivity index (χ4n) is 3.24. The number of amides is 1. The Balaban J connectivity index is 1.41. The molecular formula is C24H22ClN5O. The summed E-state index contributed by atoms with van der Waals surface area (Å²) in [7, 11) is 0. The number of rotatable bonds is 6. The lowest BCUT2D eigenvalue weighted by atomic mass is 10.2. The summed E-state index contributed by atoms with van der Waals surface area (Å²) in [6.07, 6.45) is 1.54. The van der Waals surface area contributed by atoms with Gasteiger partial charge in [0.1, 0.15) is 0 Å². The zero-order valence-corrected chi connectivity index (χ0v) is 18.0. The second-order valence-electron chi connectivity index (χ2n) is 7.23. The summed E-state index contributed by atoms with van der Waals surface area (Å²) in [6.45, 7) is 4.56. The second-order valence-corrected chi connectivity index (χ2v) is 7.64. The van der Waals surface area contributed by atoms with E-state index in [1.165, 1.54) is 0 Å². The van der Waals surface area contributed by atoms with Crippen LogP contribution in [0.25, 0.3) is 5.82 Å². The van der Waals surface area contributed by atoms with Gasteiger partial charge in [-0.05, 0) is 55.8 Å². The average molecular weight is 432 g/mol. The molecule has 0 saturated heterocycles. The molecule has 0 saturated carbocycles. The van der Waals surface area contributed by atoms with Gasteiger partial charge in [-0.15, -0.1) is 0 Å². The van der Waals surface area contributed by atoms with E-state index in [1.807, 2.05) is 62.4 Å². The number of nitrogens with one attached hydrogen (secondary N) is 2. The number of carbonyl (C=O) groups is 1. The summed E-state index contributed by atoms with van der Waals surface area (Å²) in [5.74, 6) is 0.410. The van der Waals surface area contributed by atoms with Crippen LogP contribution in [0.3, 0.4) is 0 Å². The lowest BCUT2D eigenvalue weighted by molar-refractivity contribution is 0.102. The van der Waals surface area contributed by atoms with Gasteiger partial charge in [0.15, 0.2) is 5.82 Å². The van der Waals surface area contributed by atoms with Crippen molar-refractivity contribution in [2.45, 2.75) is 20.4 Å². The van der Waals surface area contributed by atoms with Crippen molar-refractivity contribution in [1.29, 1.82) is 0 Å². The van der Waals surface area contributed by atoms with Crippen LogP contribution < -0.4 is 10.6 Å². The highest BCUT2D eigenvalue weighted by Crippen LogP contribution is 2.26. The molecule has 0 aliphatic carbocycles. The Kier molecular flexibility index (Phi) is 6.00. The summed E-state index contributed by atoms with van der Waals surface area (Å²) in [4.78, 5) is 17.0. The van der Waals surface area contributed by atoms with Crippen LogP contribution in [0, 0.1) is 13.8 Å². The van der Waals surface area contributed by atoms with E-state index in [2.05, 4.69) is 20.7 Å². The van der Waals surface area contributed by atoms with E-state index in [1.54, 1.807) is 29.1 Å². The molecule has 0 aliphatic heterocycles. The van der Waals surface area contributed by atoms with Crippen molar-refractivity contribution in [2.24, 2.45) is 0 Å². The number of anilines is 2. The van der Waals surface area contributed by atoms with Crippen molar-refractivity contribution in [1.82, 2.24) is 14.8 Å². The molecule has 2 N–H and O–H groups in total. The highest BCUT2D eigenvalue weighted by molar-refractivity contribution is 6.33. The van der Waals surface area contributed by atoms with E-state index in [9.17, 15) is 4.79 Å². The molecule has 4 rings (SSSR count). The molecular weight excluding hydrogens is 410 g/mol. The third kappa shape index (κ3) is 4.92. The van der Waals surface area contributed by atoms with Crippen LogP contribution in [0.2, 0.25) is 5.02 Å². The standard InChI is InChI=1S/C24H22ClN5O/c1-16-12-17(2)30(29-16)23-11-8-19(15-27-23)24(31)28-20-9-10-22(21(25)13-20)26-14-18-6-4-3-5-7-18/h3-13,15,26H,14H2,1-2H3,(H,28,31). The molecule has 0 unspecified atom stereocenters. The van der Waals surface area contributed by atoms with E-state index in [-0.39, 0.29) is 5.91 Å². The summed E-state index contributed by atoms with van der Waals surface area (Å²) in [5, 5.41) is 11.1. The first kappa shape index (κ1) is 20.6. The lowest BCUT2D eigenvalue weighted by Crippen LogP contribution is -2.13. The van der Waals surface area contributed by atoms with E-state index in [0.717, 1.165) is 22.6 Å². The Morgan fingerprint density at radius 3 is 2.48 bits per heavy atom. The summed E-state index contributed by atoms with van der Waals surface area (Å²) < 4.78 is 1.75. The summed E-state index contributed by atoms with van der Waals surface area (Å²) >= 11 is 6.39. The molecule has 2 aromatic carbocycles. The van der Waals surface area contributed by atoms with Gasteiger partial charge in [0.05, 0.1) is 22.0 Å². The molecule has 2 heterocycles. The Hall–Kier alpha value is -3.64. The average Bonchev–Trinajstić information content (AvgIpc) is 3.12. The predicted molar refractivity (Wildman–Crippen MR) is 124 cm³/mol. The largest absolute Gasteiger partial charge is 0.380 e. The maximum absolute atomic E-state index is 12.6. The minimum Gasteiger partial charge on any atom is -0.380 e. The number of halogens is 1. The van der Waals surface area contributed by atoms with Crippen molar-refractivity contribution in [3.63, 3.8) is 0 Å². The summed E-state index contributed by atoms with van der Waals surface area (Å²) in [6, 6.07) is 20.9. The Labute approximate surface area is 185 Å². The Morgan fingerprint density at radius 1 is 1.03 bits per heavy atom. The maximum atomic E-state index is 12.6. The number of benzene rings is 2. The van der Waals surface area contributed by atoms with Gasteiger partial charge in [0, 0.05) is 24.1 Å². The third-order valence-corrected chi connectivity index (χ3v) is 5.10. The zero-order chi connectivity index (χ0) is 21.8. The smallest absolute Gasteiger partial charge is 0.257 e. The van der Waals surface area contributed by atoms with Gasteiger partial charge in [0.25, 0.3) is 5.91 Å². The van der Waals surface area contributed by atoms with E-state index < -0.39 is 0 Å². The van der Waals surface area contributed by atoms with Gasteiger partial charge >= 0.3 is 0 Å². The quantitative estimate of drug-likeness (QED) is 0.428. The van der Waals surface area contributed by atoms with Crippen molar-refractivity contribution in [2.75, 3.05) is 10.6 Å². The van der Waals surface area contributed by atoms with Crippen LogP contribution in [0.5, 0.6) is 0 Å². The molecule has 0 spiro atoms. The number of aromatic nitrogens is 3. The molecule has 0 bridgehead atoms. The molecule has 156 valence electrons. The number of pyridine rings is 1. The topological polar surface area (TPSA) is 71.8 Å². The highest BCUT2D eigenvalue weighted by atomic mass is 35.5. The SMILES string of the molecule is Cc1cc(C)n(-c2ccc(C(=O)Nc3ccc(NCc4ccccc4)c(Cl)c3)cn2)n1. The molecule has 0 atom stereocenters. The fraction of sp³-hybridized carbons (Fsp3) is 0.125. The first-order valence-corrected chi connectivity index (χ1v) is 10.3. The van der Waals surface area contributed by atoms with E-state index in [4.69, 9.17) is 11.6 Å². The molecule has 1 amide bonds. The molecule has 31 heavy (non-hydrogen) atoms. The first-order chi connectivity index (χ1) is 15.0. The number of hydrogen-bond donors (Lipinski definition) is 2. The molecule has 4 aromatic rings. The van der Waals surface area contributed by atoms with Crippen LogP contribution >= 0.6 is 11.6 Å². The Morgan fingerprint density at radius 2 is 1.84 bits per heavy atom. The van der Waals surface area contributed by atoms with Crippen LogP contribution in [0.15, 0.2) is 72.9 Å². The predicted octanol–water partition coefficient (Wildman–Crippen LogP) is 5.40. The minimum absolute atomic E-state index is 0.256. The Bertz CT molecular complexity index is 1200. The number of aryl methyl sites for hydroxylation is 2. The molecule has 0 aliphatic rings. The van der Waals surface area contributed by atoms with Crippen LogP contribution in [0.4, 0.5) is 11.4 Å². The number of nitrogens with zero attached hydrogens (tertiary/aromatic N) is 3.